The average Bonchev–Trinajstić information content (AvgIpc) is 2.66. The van der Waals surface area contributed by atoms with Crippen LogP contribution in [0.1, 0.15) is 32.3 Å². The highest BCUT2D eigenvalue weighted by Crippen LogP contribution is 2.15. The number of rotatable bonds is 5. The first kappa shape index (κ1) is 18.7. The van der Waals surface area contributed by atoms with Crippen molar-refractivity contribution in [2.24, 2.45) is 10.9 Å². The Hall–Kier alpha value is -2.07. The van der Waals surface area contributed by atoms with Crippen molar-refractivity contribution in [3.63, 3.8) is 0 Å². The molecule has 26 heavy (non-hydrogen) atoms. The summed E-state index contributed by atoms with van der Waals surface area (Å²) in [4.78, 5) is 6.99. The summed E-state index contributed by atoms with van der Waals surface area (Å²) < 4.78 is 0. The first-order chi connectivity index (χ1) is 12.6. The molecule has 3 rings (SSSR count). The van der Waals surface area contributed by atoms with Crippen molar-refractivity contribution in [2.45, 2.75) is 39.3 Å². The topological polar surface area (TPSA) is 39.7 Å². The number of aliphatic imine (C=N–C) groups is 1. The highest BCUT2D eigenvalue weighted by Gasteiger charge is 2.20. The fourth-order valence-electron chi connectivity index (χ4n) is 3.70. The first-order valence-electron chi connectivity index (χ1n) is 9.81. The number of nitrogens with zero attached hydrogens (tertiary/aromatic N) is 2. The standard InChI is InChI=1S/C22H32N4/c1-17(2)16-26-12-10-21(11-13-26)25-22(23-3)24-15-18-8-9-19-6-4-5-7-20(19)14-18/h4-9,14,17,21H,10-13,15-16H2,1-3H3,(H2,23,24,25). The lowest BCUT2D eigenvalue weighted by Gasteiger charge is -2.34. The summed E-state index contributed by atoms with van der Waals surface area (Å²) in [6.07, 6.45) is 2.37. The molecule has 1 fully saturated rings. The van der Waals surface area contributed by atoms with Gasteiger partial charge < -0.3 is 15.5 Å². The molecule has 1 aliphatic rings. The van der Waals surface area contributed by atoms with Crippen molar-refractivity contribution >= 4 is 16.7 Å². The van der Waals surface area contributed by atoms with Crippen LogP contribution in [0.5, 0.6) is 0 Å². The van der Waals surface area contributed by atoms with Crippen LogP contribution in [0.4, 0.5) is 0 Å². The molecule has 2 aromatic rings. The van der Waals surface area contributed by atoms with Gasteiger partial charge in [-0.15, -0.1) is 0 Å². The van der Waals surface area contributed by atoms with E-state index >= 15 is 0 Å². The Balaban J connectivity index is 1.49. The van der Waals surface area contributed by atoms with Crippen LogP contribution in [0.3, 0.4) is 0 Å². The van der Waals surface area contributed by atoms with Gasteiger partial charge in [-0.05, 0) is 41.2 Å². The van der Waals surface area contributed by atoms with E-state index in [0.717, 1.165) is 18.4 Å². The van der Waals surface area contributed by atoms with Gasteiger partial charge in [0.25, 0.3) is 0 Å². The van der Waals surface area contributed by atoms with Gasteiger partial charge in [-0.1, -0.05) is 50.2 Å². The molecule has 140 valence electrons. The highest BCUT2D eigenvalue weighted by molar-refractivity contribution is 5.83. The molecule has 0 unspecified atom stereocenters. The largest absolute Gasteiger partial charge is 0.354 e. The normalized spacial score (nSPS) is 17.0. The van der Waals surface area contributed by atoms with E-state index in [9.17, 15) is 0 Å². The number of benzene rings is 2. The molecule has 0 saturated carbocycles. The molecule has 0 radical (unpaired) electrons. The predicted molar refractivity (Wildman–Crippen MR) is 112 cm³/mol. The third-order valence-electron chi connectivity index (χ3n) is 5.05. The van der Waals surface area contributed by atoms with Gasteiger partial charge in [0, 0.05) is 39.3 Å². The van der Waals surface area contributed by atoms with Crippen LogP contribution in [0.15, 0.2) is 47.5 Å². The molecule has 0 bridgehead atoms. The van der Waals surface area contributed by atoms with Gasteiger partial charge in [-0.3, -0.25) is 4.99 Å². The Morgan fingerprint density at radius 1 is 1.12 bits per heavy atom. The van der Waals surface area contributed by atoms with E-state index in [2.05, 4.69) is 76.8 Å². The predicted octanol–water partition coefficient (Wildman–Crippen LogP) is 3.63. The minimum atomic E-state index is 0.515. The Bertz CT molecular complexity index is 730. The van der Waals surface area contributed by atoms with Gasteiger partial charge in [0.2, 0.25) is 0 Å². The molecule has 1 saturated heterocycles. The maximum atomic E-state index is 4.41. The van der Waals surface area contributed by atoms with Crippen LogP contribution in [-0.4, -0.2) is 43.6 Å². The Morgan fingerprint density at radius 3 is 2.54 bits per heavy atom. The van der Waals surface area contributed by atoms with E-state index in [0.29, 0.717) is 6.04 Å². The summed E-state index contributed by atoms with van der Waals surface area (Å²) in [6.45, 7) is 8.94. The summed E-state index contributed by atoms with van der Waals surface area (Å²) in [5.74, 6) is 1.65. The third-order valence-corrected chi connectivity index (χ3v) is 5.05. The Labute approximate surface area is 157 Å². The van der Waals surface area contributed by atoms with Crippen LogP contribution >= 0.6 is 0 Å². The van der Waals surface area contributed by atoms with Gasteiger partial charge in [0.05, 0.1) is 0 Å². The fourth-order valence-corrected chi connectivity index (χ4v) is 3.70. The summed E-state index contributed by atoms with van der Waals surface area (Å²) >= 11 is 0. The highest BCUT2D eigenvalue weighted by atomic mass is 15.2. The van der Waals surface area contributed by atoms with E-state index in [1.54, 1.807) is 0 Å². The second-order valence-corrected chi connectivity index (χ2v) is 7.72. The molecule has 4 heteroatoms. The van der Waals surface area contributed by atoms with Gasteiger partial charge in [0.15, 0.2) is 5.96 Å². The summed E-state index contributed by atoms with van der Waals surface area (Å²) in [7, 11) is 1.85. The number of hydrogen-bond acceptors (Lipinski definition) is 2. The van der Waals surface area contributed by atoms with Crippen molar-refractivity contribution in [2.75, 3.05) is 26.7 Å². The summed E-state index contributed by atoms with van der Waals surface area (Å²) in [5.41, 5.74) is 1.28. The molecule has 1 aliphatic heterocycles. The van der Waals surface area contributed by atoms with E-state index in [4.69, 9.17) is 0 Å². The lowest BCUT2D eigenvalue weighted by molar-refractivity contribution is 0.187. The minimum absolute atomic E-state index is 0.515. The molecule has 0 aromatic heterocycles. The molecule has 2 aromatic carbocycles. The number of likely N-dealkylation sites (tertiary alicyclic amines) is 1. The number of piperidine rings is 1. The molecule has 2 N–H and O–H groups in total. The molecule has 4 nitrogen and oxygen atoms in total. The van der Waals surface area contributed by atoms with Crippen molar-refractivity contribution in [3.05, 3.63) is 48.0 Å². The van der Waals surface area contributed by atoms with E-state index in [1.165, 1.54) is 48.8 Å². The lowest BCUT2D eigenvalue weighted by atomic mass is 10.0. The fraction of sp³-hybridized carbons (Fsp3) is 0.500. The zero-order valence-corrected chi connectivity index (χ0v) is 16.3. The van der Waals surface area contributed by atoms with E-state index in [1.807, 2.05) is 7.05 Å². The monoisotopic (exact) mass is 352 g/mol. The molecule has 0 spiro atoms. The zero-order chi connectivity index (χ0) is 18.4. The van der Waals surface area contributed by atoms with Crippen LogP contribution in [0.25, 0.3) is 10.8 Å². The van der Waals surface area contributed by atoms with Gasteiger partial charge in [0.1, 0.15) is 0 Å². The Morgan fingerprint density at radius 2 is 1.85 bits per heavy atom. The van der Waals surface area contributed by atoms with E-state index in [-0.39, 0.29) is 0 Å². The van der Waals surface area contributed by atoms with Crippen molar-refractivity contribution in [1.82, 2.24) is 15.5 Å². The van der Waals surface area contributed by atoms with Gasteiger partial charge in [-0.25, -0.2) is 0 Å². The second kappa shape index (κ2) is 9.04. The number of fused-ring (bicyclic) bond motifs is 1. The number of hydrogen-bond donors (Lipinski definition) is 2. The van der Waals surface area contributed by atoms with Crippen molar-refractivity contribution < 1.29 is 0 Å². The molecular weight excluding hydrogens is 320 g/mol. The van der Waals surface area contributed by atoms with Gasteiger partial charge >= 0.3 is 0 Å². The van der Waals surface area contributed by atoms with Crippen LogP contribution in [0.2, 0.25) is 0 Å². The van der Waals surface area contributed by atoms with E-state index < -0.39 is 0 Å². The zero-order valence-electron chi connectivity index (χ0n) is 16.3. The molecule has 0 aliphatic carbocycles. The minimum Gasteiger partial charge on any atom is -0.354 e. The van der Waals surface area contributed by atoms with Crippen LogP contribution in [-0.2, 0) is 6.54 Å². The van der Waals surface area contributed by atoms with Crippen molar-refractivity contribution in [3.8, 4) is 0 Å². The quantitative estimate of drug-likeness (QED) is 0.638. The van der Waals surface area contributed by atoms with Gasteiger partial charge in [-0.2, -0.15) is 0 Å². The van der Waals surface area contributed by atoms with Crippen LogP contribution < -0.4 is 10.6 Å². The lowest BCUT2D eigenvalue weighted by Crippen LogP contribution is -2.48. The molecular formula is C22H32N4. The number of guanidine groups is 1. The summed E-state index contributed by atoms with van der Waals surface area (Å²) in [5, 5.41) is 9.63. The number of nitrogens with one attached hydrogen (secondary N) is 2. The first-order valence-corrected chi connectivity index (χ1v) is 9.81. The maximum Gasteiger partial charge on any atom is 0.191 e. The Kier molecular flexibility index (Phi) is 6.51. The van der Waals surface area contributed by atoms with Crippen molar-refractivity contribution in [1.29, 1.82) is 0 Å². The average molecular weight is 353 g/mol. The second-order valence-electron chi connectivity index (χ2n) is 7.72. The summed E-state index contributed by atoms with van der Waals surface area (Å²) in [6, 6.07) is 15.6. The SMILES string of the molecule is CN=C(NCc1ccc2ccccc2c1)NC1CCN(CC(C)C)CC1. The molecule has 0 atom stereocenters. The smallest absolute Gasteiger partial charge is 0.191 e. The molecule has 0 amide bonds. The molecule has 1 heterocycles. The maximum absolute atomic E-state index is 4.41. The third kappa shape index (κ3) is 5.21. The van der Waals surface area contributed by atoms with Crippen LogP contribution in [0, 0.1) is 5.92 Å².